The lowest BCUT2D eigenvalue weighted by Gasteiger charge is -2.34. The highest BCUT2D eigenvalue weighted by Gasteiger charge is 2.34. The van der Waals surface area contributed by atoms with Crippen LogP contribution in [0, 0.1) is 0 Å². The van der Waals surface area contributed by atoms with E-state index in [0.29, 0.717) is 26.0 Å². The Labute approximate surface area is 137 Å². The largest absolute Gasteiger partial charge is 0.343 e. The van der Waals surface area contributed by atoms with Gasteiger partial charge in [-0.25, -0.2) is 9.76 Å². The van der Waals surface area contributed by atoms with Crippen molar-refractivity contribution in [1.82, 2.24) is 9.76 Å². The quantitative estimate of drug-likeness (QED) is 0.301. The molecule has 138 valence electrons. The van der Waals surface area contributed by atoms with Crippen LogP contribution < -0.4 is 5.09 Å². The standard InChI is InChI=1S/C10H23N2O8PS2/c1-22(14,15)19-9-3-5-11-21(13)12(6-4-8-18-21)7-10-20-23(2,16)17/h3-10H2,1-2H3,(H,11,13). The molecule has 23 heavy (non-hydrogen) atoms. The van der Waals surface area contributed by atoms with E-state index in [1.54, 1.807) is 0 Å². The maximum absolute atomic E-state index is 12.7. The molecule has 0 bridgehead atoms. The van der Waals surface area contributed by atoms with Crippen LogP contribution in [0.3, 0.4) is 0 Å². The summed E-state index contributed by atoms with van der Waals surface area (Å²) in [5, 5.41) is 2.76. The first-order valence-electron chi connectivity index (χ1n) is 6.96. The zero-order valence-electron chi connectivity index (χ0n) is 13.1. The van der Waals surface area contributed by atoms with E-state index < -0.39 is 27.9 Å². The van der Waals surface area contributed by atoms with Crippen molar-refractivity contribution in [3.05, 3.63) is 0 Å². The molecule has 0 amide bonds. The minimum Gasteiger partial charge on any atom is -0.306 e. The summed E-state index contributed by atoms with van der Waals surface area (Å²) in [6.45, 7) is 1.03. The first-order chi connectivity index (χ1) is 10.5. The average Bonchev–Trinajstić information content (AvgIpc) is 2.38. The molecule has 0 aromatic carbocycles. The zero-order chi connectivity index (χ0) is 17.6. The molecule has 0 radical (unpaired) electrons. The lowest BCUT2D eigenvalue weighted by molar-refractivity contribution is 0.181. The van der Waals surface area contributed by atoms with Crippen LogP contribution in [0.5, 0.6) is 0 Å². The number of nitrogens with one attached hydrogen (secondary N) is 1. The Morgan fingerprint density at radius 3 is 2.35 bits per heavy atom. The molecule has 0 aliphatic carbocycles. The molecule has 1 aliphatic rings. The van der Waals surface area contributed by atoms with Crippen molar-refractivity contribution in [2.75, 3.05) is 52.0 Å². The van der Waals surface area contributed by atoms with E-state index in [1.165, 1.54) is 4.67 Å². The summed E-state index contributed by atoms with van der Waals surface area (Å²) in [6.07, 6.45) is 2.89. The van der Waals surface area contributed by atoms with Gasteiger partial charge in [0.1, 0.15) is 0 Å². The molecule has 0 spiro atoms. The molecule has 1 aliphatic heterocycles. The van der Waals surface area contributed by atoms with Crippen molar-refractivity contribution >= 4 is 27.9 Å². The molecular formula is C10H23N2O8PS2. The Bertz CT molecular complexity index is 621. The van der Waals surface area contributed by atoms with Crippen LogP contribution in [0.25, 0.3) is 0 Å². The van der Waals surface area contributed by atoms with E-state index in [2.05, 4.69) is 13.5 Å². The molecule has 1 N–H and O–H groups in total. The van der Waals surface area contributed by atoms with Gasteiger partial charge in [0.2, 0.25) is 0 Å². The van der Waals surface area contributed by atoms with Crippen LogP contribution >= 0.6 is 7.67 Å². The SMILES string of the molecule is CS(=O)(=O)OCCCNP1(=O)OCCCN1CCOS(C)(=O)=O. The Morgan fingerprint density at radius 1 is 1.13 bits per heavy atom. The highest BCUT2D eigenvalue weighted by Crippen LogP contribution is 2.48. The normalized spacial score (nSPS) is 23.9. The van der Waals surface area contributed by atoms with Gasteiger partial charge in [0.05, 0.1) is 32.3 Å². The fraction of sp³-hybridized carbons (Fsp3) is 1.00. The van der Waals surface area contributed by atoms with E-state index in [4.69, 9.17) is 4.52 Å². The van der Waals surface area contributed by atoms with Crippen LogP contribution in [-0.4, -0.2) is 73.5 Å². The van der Waals surface area contributed by atoms with Crippen LogP contribution in [0.15, 0.2) is 0 Å². The van der Waals surface area contributed by atoms with Crippen LogP contribution in [0.1, 0.15) is 12.8 Å². The van der Waals surface area contributed by atoms with Crippen LogP contribution in [-0.2, 0) is 37.7 Å². The lowest BCUT2D eigenvalue weighted by Crippen LogP contribution is -2.37. The Hall–Kier alpha value is -0.0700. The van der Waals surface area contributed by atoms with E-state index in [9.17, 15) is 21.4 Å². The highest BCUT2D eigenvalue weighted by molar-refractivity contribution is 7.86. The van der Waals surface area contributed by atoms with E-state index in [1.807, 2.05) is 0 Å². The summed E-state index contributed by atoms with van der Waals surface area (Å²) >= 11 is 0. The smallest absolute Gasteiger partial charge is 0.306 e. The third-order valence-electron chi connectivity index (χ3n) is 2.78. The van der Waals surface area contributed by atoms with E-state index in [-0.39, 0.29) is 26.3 Å². The van der Waals surface area contributed by atoms with Crippen molar-refractivity contribution in [3.8, 4) is 0 Å². The van der Waals surface area contributed by atoms with Gasteiger partial charge in [0.15, 0.2) is 0 Å². The molecule has 0 saturated carbocycles. The topological polar surface area (TPSA) is 128 Å². The highest BCUT2D eigenvalue weighted by atomic mass is 32.2. The Kier molecular flexibility index (Phi) is 8.08. The molecule has 10 nitrogen and oxygen atoms in total. The Balaban J connectivity index is 2.43. The van der Waals surface area contributed by atoms with Gasteiger partial charge in [-0.2, -0.15) is 16.8 Å². The van der Waals surface area contributed by atoms with Gasteiger partial charge >= 0.3 is 7.67 Å². The summed E-state index contributed by atoms with van der Waals surface area (Å²) in [7, 11) is -10.3. The number of nitrogens with zero attached hydrogens (tertiary/aromatic N) is 1. The second-order valence-corrected chi connectivity index (χ2v) is 10.4. The van der Waals surface area contributed by atoms with Gasteiger partial charge in [-0.05, 0) is 12.8 Å². The molecule has 0 aromatic heterocycles. The third kappa shape index (κ3) is 9.11. The molecular weight excluding hydrogens is 371 g/mol. The van der Waals surface area contributed by atoms with Gasteiger partial charge in [-0.3, -0.25) is 12.9 Å². The van der Waals surface area contributed by atoms with Gasteiger partial charge in [0, 0.05) is 19.6 Å². The molecule has 1 fully saturated rings. The van der Waals surface area contributed by atoms with E-state index in [0.717, 1.165) is 12.5 Å². The van der Waals surface area contributed by atoms with E-state index >= 15 is 0 Å². The van der Waals surface area contributed by atoms with Gasteiger partial charge in [-0.1, -0.05) is 0 Å². The zero-order valence-corrected chi connectivity index (χ0v) is 15.7. The summed E-state index contributed by atoms with van der Waals surface area (Å²) in [4.78, 5) is 0. The minimum atomic E-state index is -3.55. The first-order valence-corrected chi connectivity index (χ1v) is 12.2. The van der Waals surface area contributed by atoms with Gasteiger partial charge < -0.3 is 4.52 Å². The van der Waals surface area contributed by atoms with Gasteiger partial charge in [0.25, 0.3) is 20.2 Å². The molecule has 0 aromatic rings. The summed E-state index contributed by atoms with van der Waals surface area (Å²) in [5.41, 5.74) is 0. The summed E-state index contributed by atoms with van der Waals surface area (Å²) < 4.78 is 72.3. The maximum atomic E-state index is 12.7. The van der Waals surface area contributed by atoms with Crippen molar-refractivity contribution < 1.29 is 34.3 Å². The van der Waals surface area contributed by atoms with Crippen LogP contribution in [0.4, 0.5) is 0 Å². The summed E-state index contributed by atoms with van der Waals surface area (Å²) in [6, 6.07) is 0. The Morgan fingerprint density at radius 2 is 1.74 bits per heavy atom. The van der Waals surface area contributed by atoms with Crippen LogP contribution in [0.2, 0.25) is 0 Å². The second kappa shape index (κ2) is 8.86. The predicted molar refractivity (Wildman–Crippen MR) is 84.0 cm³/mol. The molecule has 13 heteroatoms. The average molecular weight is 394 g/mol. The lowest BCUT2D eigenvalue weighted by atomic mass is 10.4. The summed E-state index contributed by atoms with van der Waals surface area (Å²) in [5.74, 6) is 0. The number of rotatable bonds is 10. The van der Waals surface area contributed by atoms with Crippen molar-refractivity contribution in [2.24, 2.45) is 0 Å². The first kappa shape index (κ1) is 21.0. The predicted octanol–water partition coefficient (Wildman–Crippen LogP) is -0.251. The molecule has 1 unspecified atom stereocenters. The fourth-order valence-corrected chi connectivity index (χ4v) is 4.65. The van der Waals surface area contributed by atoms with Crippen molar-refractivity contribution in [3.63, 3.8) is 0 Å². The second-order valence-electron chi connectivity index (χ2n) is 4.97. The fourth-order valence-electron chi connectivity index (χ4n) is 1.83. The molecule has 1 atom stereocenters. The molecule has 1 rings (SSSR count). The van der Waals surface area contributed by atoms with Crippen molar-refractivity contribution in [2.45, 2.75) is 12.8 Å². The molecule has 1 heterocycles. The minimum absolute atomic E-state index is 0.0248. The number of hydrogen-bond acceptors (Lipinski definition) is 8. The monoisotopic (exact) mass is 394 g/mol. The maximum Gasteiger partial charge on any atom is 0.343 e. The third-order valence-corrected chi connectivity index (χ3v) is 6.27. The van der Waals surface area contributed by atoms with Crippen molar-refractivity contribution in [1.29, 1.82) is 0 Å². The van der Waals surface area contributed by atoms with Gasteiger partial charge in [-0.15, -0.1) is 0 Å². The number of hydrogen-bond donors (Lipinski definition) is 1. The molecule has 1 saturated heterocycles.